The van der Waals surface area contributed by atoms with E-state index >= 15 is 0 Å². The highest BCUT2D eigenvalue weighted by Crippen LogP contribution is 2.23. The first-order valence-corrected chi connectivity index (χ1v) is 5.79. The standard InChI is InChI=1S/C11H17NO4/c13-10(14)6-8-3-4-12(7-8)11(15)9-2-1-5-16-9/h8-9H,1-7H2,(H,13,14). The molecule has 0 radical (unpaired) electrons. The highest BCUT2D eigenvalue weighted by Gasteiger charge is 2.33. The molecule has 1 N–H and O–H groups in total. The van der Waals surface area contributed by atoms with Gasteiger partial charge in [-0.15, -0.1) is 0 Å². The van der Waals surface area contributed by atoms with E-state index in [1.807, 2.05) is 0 Å². The summed E-state index contributed by atoms with van der Waals surface area (Å²) in [6, 6.07) is 0. The fourth-order valence-electron chi connectivity index (χ4n) is 2.42. The quantitative estimate of drug-likeness (QED) is 0.762. The lowest BCUT2D eigenvalue weighted by Crippen LogP contribution is -2.37. The molecule has 2 unspecified atom stereocenters. The van der Waals surface area contributed by atoms with E-state index in [9.17, 15) is 9.59 Å². The summed E-state index contributed by atoms with van der Waals surface area (Å²) in [5.74, 6) is -0.621. The number of hydrogen-bond acceptors (Lipinski definition) is 3. The number of aliphatic carboxylic acids is 1. The van der Waals surface area contributed by atoms with Crippen LogP contribution < -0.4 is 0 Å². The normalized spacial score (nSPS) is 29.6. The molecule has 2 heterocycles. The predicted octanol–water partition coefficient (Wildman–Crippen LogP) is 0.489. The molecule has 2 fully saturated rings. The number of nitrogens with zero attached hydrogens (tertiary/aromatic N) is 1. The van der Waals surface area contributed by atoms with E-state index in [1.54, 1.807) is 4.90 Å². The number of rotatable bonds is 3. The molecule has 0 aromatic rings. The molecule has 0 spiro atoms. The van der Waals surface area contributed by atoms with Gasteiger partial charge in [0.25, 0.3) is 5.91 Å². The van der Waals surface area contributed by atoms with Crippen LogP contribution in [-0.2, 0) is 14.3 Å². The minimum atomic E-state index is -0.781. The Balaban J connectivity index is 1.83. The zero-order valence-electron chi connectivity index (χ0n) is 9.22. The van der Waals surface area contributed by atoms with Crippen LogP contribution in [0.1, 0.15) is 25.7 Å². The van der Waals surface area contributed by atoms with Crippen LogP contribution in [0.5, 0.6) is 0 Å². The second-order valence-electron chi connectivity index (χ2n) is 4.54. The first-order valence-electron chi connectivity index (χ1n) is 5.79. The van der Waals surface area contributed by atoms with Crippen LogP contribution in [-0.4, -0.2) is 47.7 Å². The van der Waals surface area contributed by atoms with Gasteiger partial charge in [-0.25, -0.2) is 0 Å². The van der Waals surface area contributed by atoms with Crippen LogP contribution >= 0.6 is 0 Å². The average Bonchev–Trinajstić information content (AvgIpc) is 2.84. The minimum Gasteiger partial charge on any atom is -0.481 e. The van der Waals surface area contributed by atoms with E-state index in [4.69, 9.17) is 9.84 Å². The van der Waals surface area contributed by atoms with Crippen molar-refractivity contribution in [3.8, 4) is 0 Å². The number of carboxylic acid groups (broad SMARTS) is 1. The van der Waals surface area contributed by atoms with Gasteiger partial charge in [-0.3, -0.25) is 9.59 Å². The van der Waals surface area contributed by atoms with Gasteiger partial charge in [-0.1, -0.05) is 0 Å². The summed E-state index contributed by atoms with van der Waals surface area (Å²) in [6.07, 6.45) is 2.44. The Morgan fingerprint density at radius 2 is 2.19 bits per heavy atom. The van der Waals surface area contributed by atoms with Crippen molar-refractivity contribution < 1.29 is 19.4 Å². The fraction of sp³-hybridized carbons (Fsp3) is 0.818. The smallest absolute Gasteiger partial charge is 0.303 e. The summed E-state index contributed by atoms with van der Waals surface area (Å²) in [4.78, 5) is 24.2. The molecule has 0 bridgehead atoms. The second kappa shape index (κ2) is 4.82. The number of ether oxygens (including phenoxy) is 1. The minimum absolute atomic E-state index is 0.0467. The maximum absolute atomic E-state index is 11.9. The molecular weight excluding hydrogens is 210 g/mol. The Morgan fingerprint density at radius 3 is 2.81 bits per heavy atom. The van der Waals surface area contributed by atoms with Gasteiger partial charge in [0.2, 0.25) is 0 Å². The van der Waals surface area contributed by atoms with Crippen molar-refractivity contribution in [3.63, 3.8) is 0 Å². The zero-order valence-corrected chi connectivity index (χ0v) is 9.22. The van der Waals surface area contributed by atoms with Crippen molar-refractivity contribution in [1.29, 1.82) is 0 Å². The topological polar surface area (TPSA) is 66.8 Å². The molecule has 0 aliphatic carbocycles. The molecule has 90 valence electrons. The van der Waals surface area contributed by atoms with E-state index in [-0.39, 0.29) is 24.3 Å². The van der Waals surface area contributed by atoms with E-state index in [0.29, 0.717) is 19.7 Å². The average molecular weight is 227 g/mol. The Labute approximate surface area is 94.4 Å². The van der Waals surface area contributed by atoms with Crippen LogP contribution in [0.3, 0.4) is 0 Å². The highest BCUT2D eigenvalue weighted by atomic mass is 16.5. The molecular formula is C11H17NO4. The fourth-order valence-corrected chi connectivity index (χ4v) is 2.42. The third-order valence-electron chi connectivity index (χ3n) is 3.27. The molecule has 0 aromatic carbocycles. The summed E-state index contributed by atoms with van der Waals surface area (Å²) in [6.45, 7) is 1.92. The van der Waals surface area contributed by atoms with Gasteiger partial charge in [0.1, 0.15) is 6.10 Å². The monoisotopic (exact) mass is 227 g/mol. The predicted molar refractivity (Wildman–Crippen MR) is 55.9 cm³/mol. The lowest BCUT2D eigenvalue weighted by atomic mass is 10.1. The molecule has 2 aliphatic heterocycles. The molecule has 16 heavy (non-hydrogen) atoms. The molecule has 2 saturated heterocycles. The van der Waals surface area contributed by atoms with Crippen molar-refractivity contribution in [2.24, 2.45) is 5.92 Å². The third kappa shape index (κ3) is 2.52. The van der Waals surface area contributed by atoms with Crippen LogP contribution in [0.15, 0.2) is 0 Å². The van der Waals surface area contributed by atoms with Gasteiger partial charge in [0.05, 0.1) is 0 Å². The van der Waals surface area contributed by atoms with E-state index < -0.39 is 5.97 Å². The molecule has 2 rings (SSSR count). The van der Waals surface area contributed by atoms with Crippen LogP contribution in [0.4, 0.5) is 0 Å². The zero-order chi connectivity index (χ0) is 11.5. The van der Waals surface area contributed by atoms with E-state index in [1.165, 1.54) is 0 Å². The van der Waals surface area contributed by atoms with Crippen LogP contribution in [0.25, 0.3) is 0 Å². The summed E-state index contributed by atoms with van der Waals surface area (Å²) in [5, 5.41) is 8.68. The molecule has 2 aliphatic rings. The Hall–Kier alpha value is -1.10. The number of hydrogen-bond donors (Lipinski definition) is 1. The van der Waals surface area contributed by atoms with E-state index in [0.717, 1.165) is 19.3 Å². The highest BCUT2D eigenvalue weighted by molar-refractivity contribution is 5.81. The van der Waals surface area contributed by atoms with Crippen molar-refractivity contribution in [2.75, 3.05) is 19.7 Å². The Morgan fingerprint density at radius 1 is 1.38 bits per heavy atom. The molecule has 1 amide bonds. The molecule has 5 heteroatoms. The third-order valence-corrected chi connectivity index (χ3v) is 3.27. The van der Waals surface area contributed by atoms with Gasteiger partial charge >= 0.3 is 5.97 Å². The summed E-state index contributed by atoms with van der Waals surface area (Å²) in [5.41, 5.74) is 0. The largest absolute Gasteiger partial charge is 0.481 e. The first kappa shape index (κ1) is 11.4. The van der Waals surface area contributed by atoms with Crippen molar-refractivity contribution in [2.45, 2.75) is 31.8 Å². The maximum Gasteiger partial charge on any atom is 0.303 e. The van der Waals surface area contributed by atoms with E-state index in [2.05, 4.69) is 0 Å². The number of carboxylic acids is 1. The number of likely N-dealkylation sites (tertiary alicyclic amines) is 1. The first-order chi connectivity index (χ1) is 7.66. The summed E-state index contributed by atoms with van der Waals surface area (Å²) >= 11 is 0. The summed E-state index contributed by atoms with van der Waals surface area (Å²) < 4.78 is 5.34. The van der Waals surface area contributed by atoms with Gasteiger partial charge in [0.15, 0.2) is 0 Å². The van der Waals surface area contributed by atoms with Crippen LogP contribution in [0, 0.1) is 5.92 Å². The van der Waals surface area contributed by atoms with Crippen molar-refractivity contribution >= 4 is 11.9 Å². The van der Waals surface area contributed by atoms with Gasteiger partial charge in [0, 0.05) is 26.1 Å². The Kier molecular flexibility index (Phi) is 3.43. The summed E-state index contributed by atoms with van der Waals surface area (Å²) in [7, 11) is 0. The van der Waals surface area contributed by atoms with Gasteiger partial charge in [-0.05, 0) is 25.2 Å². The lowest BCUT2D eigenvalue weighted by Gasteiger charge is -2.19. The Bertz CT molecular complexity index is 286. The molecule has 0 saturated carbocycles. The van der Waals surface area contributed by atoms with Gasteiger partial charge < -0.3 is 14.7 Å². The number of carbonyl (C=O) groups excluding carboxylic acids is 1. The molecule has 0 aromatic heterocycles. The van der Waals surface area contributed by atoms with Gasteiger partial charge in [-0.2, -0.15) is 0 Å². The SMILES string of the molecule is O=C(O)CC1CCN(C(=O)C2CCCO2)C1. The second-order valence-corrected chi connectivity index (χ2v) is 4.54. The molecule has 5 nitrogen and oxygen atoms in total. The lowest BCUT2D eigenvalue weighted by molar-refractivity contribution is -0.141. The maximum atomic E-state index is 11.9. The number of carbonyl (C=O) groups is 2. The van der Waals surface area contributed by atoms with Crippen molar-refractivity contribution in [1.82, 2.24) is 4.90 Å². The molecule has 2 atom stereocenters. The number of amides is 1. The van der Waals surface area contributed by atoms with Crippen LogP contribution in [0.2, 0.25) is 0 Å². The van der Waals surface area contributed by atoms with Crippen molar-refractivity contribution in [3.05, 3.63) is 0 Å².